The van der Waals surface area contributed by atoms with Crippen molar-refractivity contribution in [1.29, 1.82) is 5.26 Å². The van der Waals surface area contributed by atoms with E-state index in [1.165, 1.54) is 0 Å². The van der Waals surface area contributed by atoms with Gasteiger partial charge in [0.1, 0.15) is 6.07 Å². The van der Waals surface area contributed by atoms with Gasteiger partial charge in [-0.2, -0.15) is 5.26 Å². The van der Waals surface area contributed by atoms with Gasteiger partial charge in [0.15, 0.2) is 5.13 Å². The van der Waals surface area contributed by atoms with Crippen LogP contribution >= 0.6 is 27.3 Å². The SMILES string of the molecule is N#Cc1cc(Br)ccc1N1CCN(c2nccs2)CC1. The van der Waals surface area contributed by atoms with Gasteiger partial charge in [-0.05, 0) is 18.2 Å². The van der Waals surface area contributed by atoms with Crippen LogP contribution in [0.2, 0.25) is 0 Å². The summed E-state index contributed by atoms with van der Waals surface area (Å²) in [6, 6.07) is 8.16. The quantitative estimate of drug-likeness (QED) is 0.836. The summed E-state index contributed by atoms with van der Waals surface area (Å²) in [5.74, 6) is 0. The second-order valence-corrected chi connectivity index (χ2v) is 6.35. The predicted molar refractivity (Wildman–Crippen MR) is 85.4 cm³/mol. The van der Waals surface area contributed by atoms with E-state index in [4.69, 9.17) is 0 Å². The van der Waals surface area contributed by atoms with E-state index in [1.54, 1.807) is 11.3 Å². The van der Waals surface area contributed by atoms with Gasteiger partial charge in [0.25, 0.3) is 0 Å². The minimum atomic E-state index is 0.724. The van der Waals surface area contributed by atoms with Crippen LogP contribution in [0, 0.1) is 11.3 Å². The molecule has 0 radical (unpaired) electrons. The number of hydrogen-bond acceptors (Lipinski definition) is 5. The number of nitriles is 1. The number of nitrogens with zero attached hydrogens (tertiary/aromatic N) is 4. The molecule has 0 unspecified atom stereocenters. The Labute approximate surface area is 130 Å². The molecule has 1 aliphatic heterocycles. The van der Waals surface area contributed by atoms with Crippen LogP contribution in [0.3, 0.4) is 0 Å². The predicted octanol–water partition coefficient (Wildman–Crippen LogP) is 3.10. The van der Waals surface area contributed by atoms with E-state index in [2.05, 4.69) is 36.8 Å². The minimum Gasteiger partial charge on any atom is -0.367 e. The third-order valence-corrected chi connectivity index (χ3v) is 4.71. The van der Waals surface area contributed by atoms with Crippen LogP contribution in [0.5, 0.6) is 0 Å². The molecule has 102 valence electrons. The van der Waals surface area contributed by atoms with Gasteiger partial charge < -0.3 is 9.80 Å². The van der Waals surface area contributed by atoms with Gasteiger partial charge in [-0.25, -0.2) is 4.98 Å². The smallest absolute Gasteiger partial charge is 0.185 e. The molecular weight excluding hydrogens is 336 g/mol. The van der Waals surface area contributed by atoms with E-state index in [-0.39, 0.29) is 0 Å². The van der Waals surface area contributed by atoms with Crippen molar-refractivity contribution in [1.82, 2.24) is 4.98 Å². The van der Waals surface area contributed by atoms with Gasteiger partial charge in [0.05, 0.1) is 11.3 Å². The Balaban J connectivity index is 1.74. The molecule has 0 atom stereocenters. The van der Waals surface area contributed by atoms with Crippen LogP contribution in [0.1, 0.15) is 5.56 Å². The number of anilines is 2. The van der Waals surface area contributed by atoms with E-state index in [9.17, 15) is 5.26 Å². The van der Waals surface area contributed by atoms with E-state index >= 15 is 0 Å². The normalized spacial score (nSPS) is 15.2. The van der Waals surface area contributed by atoms with E-state index < -0.39 is 0 Å². The first-order valence-corrected chi connectivity index (χ1v) is 8.04. The Morgan fingerprint density at radius 2 is 1.95 bits per heavy atom. The number of rotatable bonds is 2. The van der Waals surface area contributed by atoms with Gasteiger partial charge in [0, 0.05) is 42.2 Å². The third-order valence-electron chi connectivity index (χ3n) is 3.39. The van der Waals surface area contributed by atoms with E-state index in [0.29, 0.717) is 0 Å². The maximum absolute atomic E-state index is 9.26. The van der Waals surface area contributed by atoms with Crippen molar-refractivity contribution in [3.05, 3.63) is 39.8 Å². The second-order valence-electron chi connectivity index (χ2n) is 4.56. The lowest BCUT2D eigenvalue weighted by molar-refractivity contribution is 0.651. The topological polar surface area (TPSA) is 43.2 Å². The van der Waals surface area contributed by atoms with Crippen molar-refractivity contribution in [3.63, 3.8) is 0 Å². The van der Waals surface area contributed by atoms with Crippen molar-refractivity contribution in [2.45, 2.75) is 0 Å². The maximum Gasteiger partial charge on any atom is 0.185 e. The van der Waals surface area contributed by atoms with Gasteiger partial charge in [-0.1, -0.05) is 15.9 Å². The van der Waals surface area contributed by atoms with Crippen LogP contribution in [0.15, 0.2) is 34.2 Å². The molecule has 6 heteroatoms. The monoisotopic (exact) mass is 348 g/mol. The second kappa shape index (κ2) is 5.81. The zero-order chi connectivity index (χ0) is 13.9. The summed E-state index contributed by atoms with van der Waals surface area (Å²) in [6.45, 7) is 3.70. The largest absolute Gasteiger partial charge is 0.367 e. The van der Waals surface area contributed by atoms with Crippen LogP contribution < -0.4 is 9.80 Å². The Morgan fingerprint density at radius 3 is 2.60 bits per heavy atom. The maximum atomic E-state index is 9.26. The number of piperazine rings is 1. The average Bonchev–Trinajstić information content (AvgIpc) is 3.01. The number of benzene rings is 1. The molecule has 2 aromatic rings. The first-order valence-electron chi connectivity index (χ1n) is 6.37. The Hall–Kier alpha value is -1.58. The van der Waals surface area contributed by atoms with Crippen LogP contribution in [-0.4, -0.2) is 31.2 Å². The molecule has 20 heavy (non-hydrogen) atoms. The van der Waals surface area contributed by atoms with Gasteiger partial charge in [-0.15, -0.1) is 11.3 Å². The highest BCUT2D eigenvalue weighted by atomic mass is 79.9. The lowest BCUT2D eigenvalue weighted by Gasteiger charge is -2.36. The fourth-order valence-corrected chi connectivity index (χ4v) is 3.44. The summed E-state index contributed by atoms with van der Waals surface area (Å²) in [5.41, 5.74) is 1.75. The van der Waals surface area contributed by atoms with Crippen LogP contribution in [-0.2, 0) is 0 Å². The van der Waals surface area contributed by atoms with Crippen molar-refractivity contribution >= 4 is 38.1 Å². The van der Waals surface area contributed by atoms with Crippen LogP contribution in [0.25, 0.3) is 0 Å². The molecule has 1 aromatic heterocycles. The van der Waals surface area contributed by atoms with Crippen molar-refractivity contribution in [3.8, 4) is 6.07 Å². The first kappa shape index (κ1) is 13.4. The summed E-state index contributed by atoms with van der Waals surface area (Å²) in [4.78, 5) is 8.92. The first-order chi connectivity index (χ1) is 9.78. The fourth-order valence-electron chi connectivity index (χ4n) is 2.38. The molecule has 1 aromatic carbocycles. The molecule has 0 spiro atoms. The number of thiazole rings is 1. The average molecular weight is 349 g/mol. The van der Waals surface area contributed by atoms with E-state index in [1.807, 2.05) is 29.8 Å². The van der Waals surface area contributed by atoms with Gasteiger partial charge in [0.2, 0.25) is 0 Å². The lowest BCUT2D eigenvalue weighted by atomic mass is 10.1. The zero-order valence-corrected chi connectivity index (χ0v) is 13.2. The fraction of sp³-hybridized carbons (Fsp3) is 0.286. The summed E-state index contributed by atoms with van der Waals surface area (Å²) in [5, 5.41) is 12.3. The van der Waals surface area contributed by atoms with Gasteiger partial charge in [-0.3, -0.25) is 0 Å². The Bertz CT molecular complexity index is 627. The van der Waals surface area contributed by atoms with Crippen LogP contribution in [0.4, 0.5) is 10.8 Å². The summed E-state index contributed by atoms with van der Waals surface area (Å²) in [7, 11) is 0. The van der Waals surface area contributed by atoms with Crippen molar-refractivity contribution in [2.24, 2.45) is 0 Å². The summed E-state index contributed by atoms with van der Waals surface area (Å²) >= 11 is 5.09. The molecule has 0 saturated carbocycles. The zero-order valence-electron chi connectivity index (χ0n) is 10.8. The molecule has 1 aliphatic rings. The molecule has 1 saturated heterocycles. The number of aromatic nitrogens is 1. The standard InChI is InChI=1S/C14H13BrN4S/c15-12-1-2-13(11(9-12)10-16)18-4-6-19(7-5-18)14-17-3-8-20-14/h1-3,8-9H,4-7H2. The lowest BCUT2D eigenvalue weighted by Crippen LogP contribution is -2.46. The molecule has 0 N–H and O–H groups in total. The Kier molecular flexibility index (Phi) is 3.90. The van der Waals surface area contributed by atoms with Gasteiger partial charge >= 0.3 is 0 Å². The highest BCUT2D eigenvalue weighted by Gasteiger charge is 2.20. The molecule has 0 amide bonds. The molecule has 1 fully saturated rings. The number of halogens is 1. The molecule has 0 bridgehead atoms. The van der Waals surface area contributed by atoms with Crippen molar-refractivity contribution < 1.29 is 0 Å². The highest BCUT2D eigenvalue weighted by molar-refractivity contribution is 9.10. The summed E-state index contributed by atoms with van der Waals surface area (Å²) in [6.07, 6.45) is 1.84. The molecule has 0 aliphatic carbocycles. The minimum absolute atomic E-state index is 0.724. The Morgan fingerprint density at radius 1 is 1.20 bits per heavy atom. The third kappa shape index (κ3) is 2.65. The molecule has 3 rings (SSSR count). The molecule has 2 heterocycles. The summed E-state index contributed by atoms with van der Waals surface area (Å²) < 4.78 is 0.944. The van der Waals surface area contributed by atoms with Crippen molar-refractivity contribution in [2.75, 3.05) is 36.0 Å². The molecule has 4 nitrogen and oxygen atoms in total. The van der Waals surface area contributed by atoms with E-state index in [0.717, 1.165) is 47.0 Å². The number of hydrogen-bond donors (Lipinski definition) is 0. The highest BCUT2D eigenvalue weighted by Crippen LogP contribution is 2.26. The molecular formula is C14H13BrN4S.